The first kappa shape index (κ1) is 16.0. The number of rotatable bonds is 7. The van der Waals surface area contributed by atoms with E-state index in [2.05, 4.69) is 10.3 Å². The Morgan fingerprint density at radius 1 is 1.35 bits per heavy atom. The zero-order valence-corrected chi connectivity index (χ0v) is 12.3. The molecule has 0 heterocycles. The molecular formula is C16H22N2O2. The van der Waals surface area contributed by atoms with Crippen LogP contribution in [-0.4, -0.2) is 29.7 Å². The molecular weight excluding hydrogens is 252 g/mol. The van der Waals surface area contributed by atoms with Crippen LogP contribution in [0.1, 0.15) is 20.8 Å². The van der Waals surface area contributed by atoms with Gasteiger partial charge in [-0.05, 0) is 44.2 Å². The Bertz CT molecular complexity index is 490. The number of phenolic OH excluding ortho intramolecular Hbond substituents is 1. The maximum atomic E-state index is 11.1. The maximum absolute atomic E-state index is 11.1. The summed E-state index contributed by atoms with van der Waals surface area (Å²) in [5.41, 5.74) is 1.86. The largest absolute Gasteiger partial charge is 0.508 e. The molecule has 0 aliphatic heterocycles. The van der Waals surface area contributed by atoms with Gasteiger partial charge in [0.25, 0.3) is 0 Å². The molecule has 4 heteroatoms. The van der Waals surface area contributed by atoms with E-state index in [0.29, 0.717) is 6.54 Å². The Balaban J connectivity index is 2.33. The van der Waals surface area contributed by atoms with Crippen molar-refractivity contribution in [2.24, 2.45) is 10.9 Å². The monoisotopic (exact) mass is 274 g/mol. The number of nitrogens with one attached hydrogen (secondary N) is 1. The lowest BCUT2D eigenvalue weighted by Crippen LogP contribution is -2.06. The molecule has 4 nitrogen and oxygen atoms in total. The van der Waals surface area contributed by atoms with Crippen LogP contribution in [0.2, 0.25) is 0 Å². The lowest BCUT2D eigenvalue weighted by Gasteiger charge is -2.04. The van der Waals surface area contributed by atoms with Crippen molar-refractivity contribution < 1.29 is 9.90 Å². The van der Waals surface area contributed by atoms with Gasteiger partial charge in [0.1, 0.15) is 11.5 Å². The number of ketones is 1. The zero-order chi connectivity index (χ0) is 15.0. The van der Waals surface area contributed by atoms with Crippen LogP contribution in [0.4, 0.5) is 5.69 Å². The van der Waals surface area contributed by atoms with E-state index in [9.17, 15) is 4.79 Å². The summed E-state index contributed by atoms with van der Waals surface area (Å²) < 4.78 is 0. The molecule has 0 bridgehead atoms. The fourth-order valence-electron chi connectivity index (χ4n) is 1.48. The van der Waals surface area contributed by atoms with Crippen LogP contribution in [0.15, 0.2) is 41.4 Å². The number of Topliss-reactive ketones (excluding diaryl/α,β-unsaturated/α-hetero) is 1. The average Bonchev–Trinajstić information content (AvgIpc) is 2.42. The summed E-state index contributed by atoms with van der Waals surface area (Å²) >= 11 is 0. The van der Waals surface area contributed by atoms with E-state index in [4.69, 9.17) is 5.11 Å². The highest BCUT2D eigenvalue weighted by Gasteiger charge is 2.01. The molecule has 108 valence electrons. The minimum atomic E-state index is -0.0599. The standard InChI is InChI=1S/C16H22N2O2/c1-12(14(3)19)4-5-13(2)17-10-11-18-15-6-8-16(20)9-7-15/h4-9,12,18,20H,10-11H2,1-3H3/b5-4-,17-13?. The Morgan fingerprint density at radius 2 is 2.00 bits per heavy atom. The second-order valence-corrected chi connectivity index (χ2v) is 4.76. The van der Waals surface area contributed by atoms with Gasteiger partial charge in [0.15, 0.2) is 0 Å². The van der Waals surface area contributed by atoms with Gasteiger partial charge in [-0.15, -0.1) is 0 Å². The lowest BCUT2D eigenvalue weighted by atomic mass is 10.1. The first-order chi connectivity index (χ1) is 9.49. The molecule has 0 aliphatic carbocycles. The molecule has 0 saturated heterocycles. The van der Waals surface area contributed by atoms with Crippen LogP contribution in [0, 0.1) is 5.92 Å². The molecule has 1 aromatic carbocycles. The van der Waals surface area contributed by atoms with E-state index in [1.807, 2.05) is 38.1 Å². The predicted octanol–water partition coefficient (Wildman–Crippen LogP) is 3.05. The number of carbonyl (C=O) groups excluding carboxylic acids is 1. The van der Waals surface area contributed by atoms with Crippen LogP contribution in [0.3, 0.4) is 0 Å². The third-order valence-electron chi connectivity index (χ3n) is 2.94. The van der Waals surface area contributed by atoms with Gasteiger partial charge < -0.3 is 10.4 Å². The SMILES string of the molecule is CC(=O)C(C)/C=C\C(C)=NCCNc1ccc(O)cc1. The van der Waals surface area contributed by atoms with Crippen molar-refractivity contribution in [3.63, 3.8) is 0 Å². The van der Waals surface area contributed by atoms with Crippen molar-refractivity contribution in [1.29, 1.82) is 0 Å². The van der Waals surface area contributed by atoms with Crippen molar-refractivity contribution >= 4 is 17.2 Å². The minimum absolute atomic E-state index is 0.0599. The summed E-state index contributed by atoms with van der Waals surface area (Å²) in [5.74, 6) is 0.354. The van der Waals surface area contributed by atoms with Gasteiger partial charge in [-0.25, -0.2) is 0 Å². The quantitative estimate of drug-likeness (QED) is 0.456. The first-order valence-electron chi connectivity index (χ1n) is 6.71. The fraction of sp³-hybridized carbons (Fsp3) is 0.375. The molecule has 0 aromatic heterocycles. The second kappa shape index (κ2) is 8.15. The van der Waals surface area contributed by atoms with Gasteiger partial charge in [-0.1, -0.05) is 13.0 Å². The molecule has 0 aliphatic rings. The molecule has 20 heavy (non-hydrogen) atoms. The number of carbonyl (C=O) groups is 1. The summed E-state index contributed by atoms with van der Waals surface area (Å²) in [7, 11) is 0. The summed E-state index contributed by atoms with van der Waals surface area (Å²) in [6, 6.07) is 6.92. The molecule has 0 spiro atoms. The van der Waals surface area contributed by atoms with Crippen molar-refractivity contribution in [2.45, 2.75) is 20.8 Å². The van der Waals surface area contributed by atoms with Gasteiger partial charge in [-0.2, -0.15) is 0 Å². The van der Waals surface area contributed by atoms with Gasteiger partial charge in [0, 0.05) is 23.9 Å². The van der Waals surface area contributed by atoms with Gasteiger partial charge in [0.05, 0.1) is 6.54 Å². The minimum Gasteiger partial charge on any atom is -0.508 e. The van der Waals surface area contributed by atoms with Crippen LogP contribution >= 0.6 is 0 Å². The molecule has 1 rings (SSSR count). The van der Waals surface area contributed by atoms with E-state index in [1.165, 1.54) is 0 Å². The number of hydrogen-bond acceptors (Lipinski definition) is 4. The van der Waals surface area contributed by atoms with E-state index < -0.39 is 0 Å². The molecule has 2 N–H and O–H groups in total. The highest BCUT2D eigenvalue weighted by Crippen LogP contribution is 2.13. The van der Waals surface area contributed by atoms with E-state index in [0.717, 1.165) is 17.9 Å². The highest BCUT2D eigenvalue weighted by molar-refractivity contribution is 5.93. The Hall–Kier alpha value is -2.10. The molecule has 0 amide bonds. The van der Waals surface area contributed by atoms with E-state index in [-0.39, 0.29) is 17.5 Å². The smallest absolute Gasteiger partial charge is 0.136 e. The van der Waals surface area contributed by atoms with E-state index >= 15 is 0 Å². The number of nitrogens with zero attached hydrogens (tertiary/aromatic N) is 1. The molecule has 0 radical (unpaired) electrons. The number of benzene rings is 1. The molecule has 0 saturated carbocycles. The highest BCUT2D eigenvalue weighted by atomic mass is 16.3. The lowest BCUT2D eigenvalue weighted by molar-refractivity contribution is -0.118. The van der Waals surface area contributed by atoms with Gasteiger partial charge in [-0.3, -0.25) is 9.79 Å². The number of aliphatic imine (C=N–C) groups is 1. The number of anilines is 1. The Morgan fingerprint density at radius 3 is 2.60 bits per heavy atom. The third kappa shape index (κ3) is 6.18. The van der Waals surface area contributed by atoms with Crippen molar-refractivity contribution in [3.8, 4) is 5.75 Å². The van der Waals surface area contributed by atoms with Gasteiger partial charge >= 0.3 is 0 Å². The maximum Gasteiger partial charge on any atom is 0.136 e. The fourth-order valence-corrected chi connectivity index (χ4v) is 1.48. The summed E-state index contributed by atoms with van der Waals surface area (Å²) in [4.78, 5) is 15.5. The van der Waals surface area contributed by atoms with Crippen molar-refractivity contribution in [2.75, 3.05) is 18.4 Å². The van der Waals surface area contributed by atoms with Gasteiger partial charge in [0.2, 0.25) is 0 Å². The van der Waals surface area contributed by atoms with Crippen LogP contribution < -0.4 is 5.32 Å². The zero-order valence-electron chi connectivity index (χ0n) is 12.3. The normalized spacial score (nSPS) is 13.4. The number of hydrogen-bond donors (Lipinski definition) is 2. The molecule has 1 atom stereocenters. The summed E-state index contributed by atoms with van der Waals surface area (Å²) in [6.07, 6.45) is 3.75. The predicted molar refractivity (Wildman–Crippen MR) is 83.6 cm³/mol. The topological polar surface area (TPSA) is 61.7 Å². The first-order valence-corrected chi connectivity index (χ1v) is 6.71. The summed E-state index contributed by atoms with van der Waals surface area (Å²) in [6.45, 7) is 6.76. The number of allylic oxidation sites excluding steroid dienone is 2. The number of aromatic hydroxyl groups is 1. The van der Waals surface area contributed by atoms with Crippen LogP contribution in [0.25, 0.3) is 0 Å². The summed E-state index contributed by atoms with van der Waals surface area (Å²) in [5, 5.41) is 12.4. The average molecular weight is 274 g/mol. The molecule has 1 unspecified atom stereocenters. The number of phenols is 1. The van der Waals surface area contributed by atoms with E-state index in [1.54, 1.807) is 19.1 Å². The van der Waals surface area contributed by atoms with Crippen molar-refractivity contribution in [1.82, 2.24) is 0 Å². The second-order valence-electron chi connectivity index (χ2n) is 4.76. The third-order valence-corrected chi connectivity index (χ3v) is 2.94. The Labute approximate surface area is 120 Å². The Kier molecular flexibility index (Phi) is 6.50. The van der Waals surface area contributed by atoms with Crippen LogP contribution in [-0.2, 0) is 4.79 Å². The molecule has 1 aromatic rings. The van der Waals surface area contributed by atoms with Crippen LogP contribution in [0.5, 0.6) is 5.75 Å². The molecule has 0 fully saturated rings. The van der Waals surface area contributed by atoms with Crippen molar-refractivity contribution in [3.05, 3.63) is 36.4 Å².